The van der Waals surface area contributed by atoms with E-state index in [0.29, 0.717) is 5.92 Å². The Morgan fingerprint density at radius 1 is 1.64 bits per heavy atom. The Morgan fingerprint density at radius 2 is 2.18 bits per heavy atom. The second-order valence-corrected chi connectivity index (χ2v) is 3.66. The number of ketones is 1. The maximum Gasteiger partial charge on any atom is 0.155 e. The van der Waals surface area contributed by atoms with Crippen molar-refractivity contribution in [3.05, 3.63) is 12.2 Å². The maximum atomic E-state index is 10.9. The summed E-state index contributed by atoms with van der Waals surface area (Å²) in [6, 6.07) is 0. The molecule has 1 aliphatic carbocycles. The van der Waals surface area contributed by atoms with Crippen LogP contribution in [0.1, 0.15) is 33.1 Å². The summed E-state index contributed by atoms with van der Waals surface area (Å²) in [6.45, 7) is 7.49. The molecule has 0 spiro atoms. The molecule has 1 atom stereocenters. The SMILES string of the molecule is C=C(C(C)=O)C(C)CC1CC1. The van der Waals surface area contributed by atoms with Crippen molar-refractivity contribution in [3.8, 4) is 0 Å². The van der Waals surface area contributed by atoms with Crippen LogP contribution in [0, 0.1) is 11.8 Å². The molecule has 0 aromatic carbocycles. The molecule has 0 radical (unpaired) electrons. The van der Waals surface area contributed by atoms with Crippen molar-refractivity contribution in [1.29, 1.82) is 0 Å². The fourth-order valence-corrected chi connectivity index (χ4v) is 1.34. The van der Waals surface area contributed by atoms with Crippen molar-refractivity contribution >= 4 is 5.78 Å². The van der Waals surface area contributed by atoms with Gasteiger partial charge in [-0.25, -0.2) is 0 Å². The van der Waals surface area contributed by atoms with Crippen molar-refractivity contribution in [3.63, 3.8) is 0 Å². The minimum absolute atomic E-state index is 0.151. The second-order valence-electron chi connectivity index (χ2n) is 3.66. The van der Waals surface area contributed by atoms with Crippen LogP contribution in [0.5, 0.6) is 0 Å². The average Bonchev–Trinajstić information content (AvgIpc) is 2.69. The first-order valence-corrected chi connectivity index (χ1v) is 4.31. The van der Waals surface area contributed by atoms with Crippen LogP contribution in [0.15, 0.2) is 12.2 Å². The van der Waals surface area contributed by atoms with Gasteiger partial charge >= 0.3 is 0 Å². The molecular weight excluding hydrogens is 136 g/mol. The molecule has 0 aliphatic heterocycles. The lowest BCUT2D eigenvalue weighted by Crippen LogP contribution is -2.06. The fraction of sp³-hybridized carbons (Fsp3) is 0.700. The molecule has 1 nitrogen and oxygen atoms in total. The van der Waals surface area contributed by atoms with Crippen molar-refractivity contribution in [2.75, 3.05) is 0 Å². The summed E-state index contributed by atoms with van der Waals surface area (Å²) in [6.07, 6.45) is 3.88. The Labute approximate surface area is 68.5 Å². The monoisotopic (exact) mass is 152 g/mol. The van der Waals surface area contributed by atoms with E-state index in [-0.39, 0.29) is 5.78 Å². The quantitative estimate of drug-likeness (QED) is 0.566. The summed E-state index contributed by atoms with van der Waals surface area (Å²) in [5.74, 6) is 1.44. The number of hydrogen-bond acceptors (Lipinski definition) is 1. The predicted molar refractivity (Wildman–Crippen MR) is 46.3 cm³/mol. The van der Waals surface area contributed by atoms with Gasteiger partial charge in [-0.2, -0.15) is 0 Å². The van der Waals surface area contributed by atoms with Gasteiger partial charge in [0.15, 0.2) is 5.78 Å². The van der Waals surface area contributed by atoms with Gasteiger partial charge < -0.3 is 0 Å². The molecule has 1 unspecified atom stereocenters. The highest BCUT2D eigenvalue weighted by molar-refractivity contribution is 5.92. The molecule has 1 aliphatic rings. The Kier molecular flexibility index (Phi) is 2.48. The Morgan fingerprint density at radius 3 is 2.55 bits per heavy atom. The molecule has 0 N–H and O–H groups in total. The first-order valence-electron chi connectivity index (χ1n) is 4.31. The third-order valence-electron chi connectivity index (χ3n) is 2.43. The average molecular weight is 152 g/mol. The van der Waals surface area contributed by atoms with E-state index in [4.69, 9.17) is 0 Å². The Balaban J connectivity index is 2.32. The van der Waals surface area contributed by atoms with E-state index in [2.05, 4.69) is 13.5 Å². The minimum Gasteiger partial charge on any atom is -0.295 e. The van der Waals surface area contributed by atoms with E-state index < -0.39 is 0 Å². The Hall–Kier alpha value is -0.590. The molecule has 0 saturated heterocycles. The second kappa shape index (κ2) is 3.21. The van der Waals surface area contributed by atoms with Gasteiger partial charge in [-0.05, 0) is 30.8 Å². The van der Waals surface area contributed by atoms with Gasteiger partial charge in [-0.3, -0.25) is 4.79 Å². The van der Waals surface area contributed by atoms with Crippen LogP contribution in [0.3, 0.4) is 0 Å². The number of allylic oxidation sites excluding steroid dienone is 1. The first-order chi connectivity index (χ1) is 5.11. The Bertz CT molecular complexity index is 177. The van der Waals surface area contributed by atoms with Gasteiger partial charge in [0.05, 0.1) is 0 Å². The summed E-state index contributed by atoms with van der Waals surface area (Å²) in [5, 5.41) is 0. The van der Waals surface area contributed by atoms with E-state index >= 15 is 0 Å². The van der Waals surface area contributed by atoms with Crippen molar-refractivity contribution < 1.29 is 4.79 Å². The maximum absolute atomic E-state index is 10.9. The topological polar surface area (TPSA) is 17.1 Å². The zero-order valence-electron chi connectivity index (χ0n) is 7.39. The molecule has 0 aromatic rings. The molecule has 1 heteroatoms. The molecule has 0 aromatic heterocycles. The van der Waals surface area contributed by atoms with Crippen LogP contribution < -0.4 is 0 Å². The number of carbonyl (C=O) groups excluding carboxylic acids is 1. The number of Topliss-reactive ketones (excluding diaryl/α,β-unsaturated/α-hetero) is 1. The zero-order chi connectivity index (χ0) is 8.43. The summed E-state index contributed by atoms with van der Waals surface area (Å²) >= 11 is 0. The van der Waals surface area contributed by atoms with E-state index in [1.54, 1.807) is 6.92 Å². The molecule has 62 valence electrons. The van der Waals surface area contributed by atoms with E-state index in [0.717, 1.165) is 11.5 Å². The van der Waals surface area contributed by atoms with Crippen molar-refractivity contribution in [2.24, 2.45) is 11.8 Å². The summed E-state index contributed by atoms with van der Waals surface area (Å²) in [5.41, 5.74) is 0.803. The molecule has 1 rings (SSSR count). The molecule has 11 heavy (non-hydrogen) atoms. The van der Waals surface area contributed by atoms with Gasteiger partial charge in [0.1, 0.15) is 0 Å². The molecule has 0 bridgehead atoms. The summed E-state index contributed by atoms with van der Waals surface area (Å²) in [4.78, 5) is 10.9. The highest BCUT2D eigenvalue weighted by Gasteiger charge is 2.25. The lowest BCUT2D eigenvalue weighted by Gasteiger charge is -2.10. The largest absolute Gasteiger partial charge is 0.295 e. The van der Waals surface area contributed by atoms with Crippen molar-refractivity contribution in [1.82, 2.24) is 0 Å². The van der Waals surface area contributed by atoms with Crippen LogP contribution in [-0.4, -0.2) is 5.78 Å². The highest BCUT2D eigenvalue weighted by atomic mass is 16.1. The predicted octanol–water partition coefficient (Wildman–Crippen LogP) is 2.57. The van der Waals surface area contributed by atoms with Gasteiger partial charge in [0, 0.05) is 0 Å². The molecule has 0 heterocycles. The number of carbonyl (C=O) groups is 1. The van der Waals surface area contributed by atoms with Crippen LogP contribution in [0.2, 0.25) is 0 Å². The summed E-state index contributed by atoms with van der Waals surface area (Å²) in [7, 11) is 0. The standard InChI is InChI=1S/C10H16O/c1-7(6-10-4-5-10)8(2)9(3)11/h7,10H,2,4-6H2,1,3H3. The van der Waals surface area contributed by atoms with Crippen LogP contribution in [0.4, 0.5) is 0 Å². The molecular formula is C10H16O. The third-order valence-corrected chi connectivity index (χ3v) is 2.43. The smallest absolute Gasteiger partial charge is 0.155 e. The number of hydrogen-bond donors (Lipinski definition) is 0. The van der Waals surface area contributed by atoms with Crippen LogP contribution in [-0.2, 0) is 4.79 Å². The normalized spacial score (nSPS) is 19.5. The number of rotatable bonds is 4. The van der Waals surface area contributed by atoms with Crippen LogP contribution >= 0.6 is 0 Å². The van der Waals surface area contributed by atoms with Gasteiger partial charge in [0.2, 0.25) is 0 Å². The van der Waals surface area contributed by atoms with Gasteiger partial charge in [0.25, 0.3) is 0 Å². The highest BCUT2D eigenvalue weighted by Crippen LogP contribution is 2.36. The van der Waals surface area contributed by atoms with Crippen molar-refractivity contribution in [2.45, 2.75) is 33.1 Å². The van der Waals surface area contributed by atoms with E-state index in [1.165, 1.54) is 19.3 Å². The fourth-order valence-electron chi connectivity index (χ4n) is 1.34. The van der Waals surface area contributed by atoms with Gasteiger partial charge in [-0.1, -0.05) is 26.3 Å². The minimum atomic E-state index is 0.151. The van der Waals surface area contributed by atoms with Crippen LogP contribution in [0.25, 0.3) is 0 Å². The molecule has 1 fully saturated rings. The lowest BCUT2D eigenvalue weighted by atomic mass is 9.94. The van der Waals surface area contributed by atoms with Gasteiger partial charge in [-0.15, -0.1) is 0 Å². The first kappa shape index (κ1) is 8.51. The molecule has 0 amide bonds. The summed E-state index contributed by atoms with van der Waals surface area (Å²) < 4.78 is 0. The lowest BCUT2D eigenvalue weighted by molar-refractivity contribution is -0.114. The third kappa shape index (κ3) is 2.49. The van der Waals surface area contributed by atoms with E-state index in [1.807, 2.05) is 0 Å². The van der Waals surface area contributed by atoms with E-state index in [9.17, 15) is 4.79 Å². The molecule has 1 saturated carbocycles. The zero-order valence-corrected chi connectivity index (χ0v) is 7.39.